The summed E-state index contributed by atoms with van der Waals surface area (Å²) in [6.45, 7) is 4.66. The molecule has 0 bridgehead atoms. The quantitative estimate of drug-likeness (QED) is 0.586. The molecule has 2 nitrogen and oxygen atoms in total. The van der Waals surface area contributed by atoms with Crippen LogP contribution in [0.2, 0.25) is 5.02 Å². The highest BCUT2D eigenvalue weighted by molar-refractivity contribution is 9.10. The average molecular weight is 434 g/mol. The number of anilines is 1. The van der Waals surface area contributed by atoms with Crippen molar-refractivity contribution in [3.8, 4) is 5.75 Å². The SMILES string of the molecule is CCOc1c(Br)cc(Cl)cc1NC(C)c1ccccc1Br. The van der Waals surface area contributed by atoms with E-state index in [2.05, 4.69) is 50.2 Å². The van der Waals surface area contributed by atoms with Gasteiger partial charge < -0.3 is 10.1 Å². The first kappa shape index (κ1) is 16.7. The second-order valence-electron chi connectivity index (χ2n) is 4.58. The van der Waals surface area contributed by atoms with Crippen molar-refractivity contribution in [3.05, 3.63) is 55.9 Å². The minimum absolute atomic E-state index is 0.116. The van der Waals surface area contributed by atoms with Crippen molar-refractivity contribution < 1.29 is 4.74 Å². The standard InChI is InChI=1S/C16H16Br2ClNO/c1-3-21-16-14(18)8-11(19)9-15(16)20-10(2)12-6-4-5-7-13(12)17/h4-10,20H,3H2,1-2H3. The monoisotopic (exact) mass is 431 g/mol. The van der Waals surface area contributed by atoms with E-state index in [9.17, 15) is 0 Å². The first-order valence-electron chi connectivity index (χ1n) is 6.65. The zero-order valence-corrected chi connectivity index (χ0v) is 15.7. The molecule has 5 heteroatoms. The minimum Gasteiger partial charge on any atom is -0.491 e. The number of benzene rings is 2. The van der Waals surface area contributed by atoms with Crippen LogP contribution < -0.4 is 10.1 Å². The van der Waals surface area contributed by atoms with Gasteiger partial charge in [0, 0.05) is 15.5 Å². The highest BCUT2D eigenvalue weighted by Crippen LogP contribution is 2.38. The molecule has 112 valence electrons. The van der Waals surface area contributed by atoms with Gasteiger partial charge in [-0.2, -0.15) is 0 Å². The number of nitrogens with one attached hydrogen (secondary N) is 1. The molecule has 0 heterocycles. The fourth-order valence-corrected chi connectivity index (χ4v) is 3.65. The van der Waals surface area contributed by atoms with E-state index in [0.717, 1.165) is 20.4 Å². The number of ether oxygens (including phenoxy) is 1. The summed E-state index contributed by atoms with van der Waals surface area (Å²) < 4.78 is 7.63. The molecule has 0 radical (unpaired) electrons. The molecule has 1 atom stereocenters. The Kier molecular flexibility index (Phi) is 5.97. The van der Waals surface area contributed by atoms with Gasteiger partial charge in [-0.1, -0.05) is 45.7 Å². The summed E-state index contributed by atoms with van der Waals surface area (Å²) >= 11 is 13.2. The van der Waals surface area contributed by atoms with E-state index in [0.29, 0.717) is 11.6 Å². The van der Waals surface area contributed by atoms with E-state index in [1.54, 1.807) is 0 Å². The summed E-state index contributed by atoms with van der Waals surface area (Å²) in [4.78, 5) is 0. The number of hydrogen-bond acceptors (Lipinski definition) is 2. The van der Waals surface area contributed by atoms with Crippen LogP contribution >= 0.6 is 43.5 Å². The summed E-state index contributed by atoms with van der Waals surface area (Å²) in [5.41, 5.74) is 2.05. The molecule has 0 fully saturated rings. The molecular formula is C16H16Br2ClNO. The van der Waals surface area contributed by atoms with Crippen molar-refractivity contribution in [2.24, 2.45) is 0 Å². The van der Waals surface area contributed by atoms with Crippen LogP contribution in [0.15, 0.2) is 45.3 Å². The molecule has 1 N–H and O–H groups in total. The molecule has 0 aliphatic carbocycles. The molecule has 2 aromatic rings. The van der Waals surface area contributed by atoms with Gasteiger partial charge in [-0.3, -0.25) is 0 Å². The molecule has 2 rings (SSSR count). The lowest BCUT2D eigenvalue weighted by Crippen LogP contribution is -2.09. The lowest BCUT2D eigenvalue weighted by molar-refractivity contribution is 0.339. The van der Waals surface area contributed by atoms with Crippen LogP contribution in [-0.4, -0.2) is 6.61 Å². The Morgan fingerprint density at radius 1 is 1.19 bits per heavy atom. The fourth-order valence-electron chi connectivity index (χ4n) is 2.10. The van der Waals surface area contributed by atoms with Crippen LogP contribution in [0.1, 0.15) is 25.5 Å². The molecule has 0 aliphatic heterocycles. The van der Waals surface area contributed by atoms with Crippen molar-refractivity contribution in [1.82, 2.24) is 0 Å². The smallest absolute Gasteiger partial charge is 0.156 e. The summed E-state index contributed by atoms with van der Waals surface area (Å²) in [6.07, 6.45) is 0. The molecular weight excluding hydrogens is 417 g/mol. The maximum absolute atomic E-state index is 6.15. The van der Waals surface area contributed by atoms with E-state index in [1.807, 2.05) is 37.3 Å². The van der Waals surface area contributed by atoms with Crippen LogP contribution in [0.5, 0.6) is 5.75 Å². The maximum Gasteiger partial charge on any atom is 0.156 e. The average Bonchev–Trinajstić information content (AvgIpc) is 2.43. The Hall–Kier alpha value is -0.710. The molecule has 0 aromatic heterocycles. The molecule has 0 amide bonds. The van der Waals surface area contributed by atoms with Gasteiger partial charge in [-0.15, -0.1) is 0 Å². The Bertz CT molecular complexity index is 634. The van der Waals surface area contributed by atoms with Gasteiger partial charge in [0.25, 0.3) is 0 Å². The second kappa shape index (κ2) is 7.52. The van der Waals surface area contributed by atoms with Gasteiger partial charge in [0.15, 0.2) is 5.75 Å². The lowest BCUT2D eigenvalue weighted by atomic mass is 10.1. The summed E-state index contributed by atoms with van der Waals surface area (Å²) in [6, 6.07) is 12.0. The van der Waals surface area contributed by atoms with Crippen LogP contribution in [0.4, 0.5) is 5.69 Å². The first-order chi connectivity index (χ1) is 10.0. The van der Waals surface area contributed by atoms with Crippen molar-refractivity contribution in [2.45, 2.75) is 19.9 Å². The zero-order chi connectivity index (χ0) is 15.4. The third-order valence-electron chi connectivity index (χ3n) is 3.04. The van der Waals surface area contributed by atoms with Crippen molar-refractivity contribution in [1.29, 1.82) is 0 Å². The first-order valence-corrected chi connectivity index (χ1v) is 8.62. The molecule has 2 aromatic carbocycles. The Balaban J connectivity index is 2.32. The van der Waals surface area contributed by atoms with Gasteiger partial charge in [0.1, 0.15) is 0 Å². The second-order valence-corrected chi connectivity index (χ2v) is 6.73. The Labute approximate surface area is 147 Å². The van der Waals surface area contributed by atoms with Gasteiger partial charge >= 0.3 is 0 Å². The number of hydrogen-bond donors (Lipinski definition) is 1. The van der Waals surface area contributed by atoms with Crippen molar-refractivity contribution >= 4 is 49.1 Å². The van der Waals surface area contributed by atoms with E-state index < -0.39 is 0 Å². The molecule has 21 heavy (non-hydrogen) atoms. The Morgan fingerprint density at radius 2 is 1.90 bits per heavy atom. The normalized spacial score (nSPS) is 12.0. The van der Waals surface area contributed by atoms with Gasteiger partial charge in [0.05, 0.1) is 16.8 Å². The van der Waals surface area contributed by atoms with E-state index in [-0.39, 0.29) is 6.04 Å². The number of rotatable bonds is 5. The van der Waals surface area contributed by atoms with E-state index in [4.69, 9.17) is 16.3 Å². The predicted octanol–water partition coefficient (Wildman–Crippen LogP) is 6.44. The summed E-state index contributed by atoms with van der Waals surface area (Å²) in [5.74, 6) is 0.779. The summed E-state index contributed by atoms with van der Waals surface area (Å²) in [5, 5.41) is 4.12. The summed E-state index contributed by atoms with van der Waals surface area (Å²) in [7, 11) is 0. The van der Waals surface area contributed by atoms with E-state index in [1.165, 1.54) is 5.56 Å². The zero-order valence-electron chi connectivity index (χ0n) is 11.8. The lowest BCUT2D eigenvalue weighted by Gasteiger charge is -2.20. The van der Waals surface area contributed by atoms with Crippen molar-refractivity contribution in [3.63, 3.8) is 0 Å². The van der Waals surface area contributed by atoms with Crippen LogP contribution in [0.3, 0.4) is 0 Å². The van der Waals surface area contributed by atoms with Gasteiger partial charge in [-0.05, 0) is 53.5 Å². The highest BCUT2D eigenvalue weighted by atomic mass is 79.9. The van der Waals surface area contributed by atoms with E-state index >= 15 is 0 Å². The van der Waals surface area contributed by atoms with Crippen LogP contribution in [0, 0.1) is 0 Å². The molecule has 0 spiro atoms. The minimum atomic E-state index is 0.116. The fraction of sp³-hybridized carbons (Fsp3) is 0.250. The van der Waals surface area contributed by atoms with Crippen LogP contribution in [0.25, 0.3) is 0 Å². The maximum atomic E-state index is 6.15. The Morgan fingerprint density at radius 3 is 2.57 bits per heavy atom. The largest absolute Gasteiger partial charge is 0.491 e. The molecule has 0 saturated heterocycles. The highest BCUT2D eigenvalue weighted by Gasteiger charge is 2.14. The van der Waals surface area contributed by atoms with Crippen molar-refractivity contribution in [2.75, 3.05) is 11.9 Å². The van der Waals surface area contributed by atoms with Gasteiger partial charge in [-0.25, -0.2) is 0 Å². The molecule has 0 aliphatic rings. The van der Waals surface area contributed by atoms with Crippen LogP contribution in [-0.2, 0) is 0 Å². The molecule has 0 saturated carbocycles. The third-order valence-corrected chi connectivity index (χ3v) is 4.57. The molecule has 1 unspecified atom stereocenters. The third kappa shape index (κ3) is 4.15. The number of halogens is 3. The predicted molar refractivity (Wildman–Crippen MR) is 96.5 cm³/mol. The van der Waals surface area contributed by atoms with Gasteiger partial charge in [0.2, 0.25) is 0 Å². The topological polar surface area (TPSA) is 21.3 Å².